The van der Waals surface area contributed by atoms with Crippen LogP contribution in [-0.2, 0) is 6.54 Å². The third-order valence-corrected chi connectivity index (χ3v) is 2.63. The van der Waals surface area contributed by atoms with Crippen LogP contribution in [0.4, 0.5) is 0 Å². The van der Waals surface area contributed by atoms with Gasteiger partial charge < -0.3 is 14.3 Å². The molecule has 1 unspecified atom stereocenters. The number of furan rings is 1. The maximum atomic E-state index is 5.14. The summed E-state index contributed by atoms with van der Waals surface area (Å²) in [5, 5.41) is 3.42. The van der Waals surface area contributed by atoms with E-state index in [1.807, 2.05) is 18.5 Å². The summed E-state index contributed by atoms with van der Waals surface area (Å²) in [5.41, 5.74) is 1.11. The Hall–Kier alpha value is -1.55. The van der Waals surface area contributed by atoms with Gasteiger partial charge >= 0.3 is 0 Å². The molecule has 2 aromatic heterocycles. The highest BCUT2D eigenvalue weighted by Crippen LogP contribution is 2.20. The van der Waals surface area contributed by atoms with Crippen molar-refractivity contribution in [3.8, 4) is 0 Å². The van der Waals surface area contributed by atoms with Crippen LogP contribution in [0, 0.1) is 0 Å². The molecule has 0 bridgehead atoms. The maximum Gasteiger partial charge on any atom is 0.130 e. The quantitative estimate of drug-likeness (QED) is 0.838. The summed E-state index contributed by atoms with van der Waals surface area (Å²) >= 11 is 0. The third kappa shape index (κ3) is 2.02. The van der Waals surface area contributed by atoms with Crippen LogP contribution in [0.3, 0.4) is 0 Å². The number of hydrogen-bond donors (Lipinski definition) is 1. The first-order valence-corrected chi connectivity index (χ1v) is 5.63. The number of hydrogen-bond acceptors (Lipinski definition) is 3. The summed E-state index contributed by atoms with van der Waals surface area (Å²) in [6.45, 7) is 6.03. The van der Waals surface area contributed by atoms with E-state index in [-0.39, 0.29) is 6.04 Å². The summed E-state index contributed by atoms with van der Waals surface area (Å²) in [7, 11) is 0. The molecule has 0 saturated heterocycles. The SMILES string of the molecule is CCNC(c1ccoc1)c1nccn1CC. The van der Waals surface area contributed by atoms with Gasteiger partial charge in [-0.05, 0) is 19.5 Å². The van der Waals surface area contributed by atoms with Gasteiger partial charge in [-0.2, -0.15) is 0 Å². The number of nitrogens with zero attached hydrogens (tertiary/aromatic N) is 2. The molecule has 2 aromatic rings. The zero-order chi connectivity index (χ0) is 11.4. The second kappa shape index (κ2) is 4.99. The fourth-order valence-electron chi connectivity index (χ4n) is 1.85. The minimum absolute atomic E-state index is 0.110. The van der Waals surface area contributed by atoms with Gasteiger partial charge in [-0.25, -0.2) is 4.98 Å². The Labute approximate surface area is 95.3 Å². The number of aromatic nitrogens is 2. The minimum atomic E-state index is 0.110. The van der Waals surface area contributed by atoms with Crippen molar-refractivity contribution >= 4 is 0 Å². The van der Waals surface area contributed by atoms with Crippen molar-refractivity contribution in [2.75, 3.05) is 6.54 Å². The van der Waals surface area contributed by atoms with Gasteiger partial charge in [0.15, 0.2) is 0 Å². The summed E-state index contributed by atoms with van der Waals surface area (Å²) in [5.74, 6) is 1.03. The highest BCUT2D eigenvalue weighted by molar-refractivity contribution is 5.20. The Morgan fingerprint density at radius 2 is 2.38 bits per heavy atom. The van der Waals surface area contributed by atoms with Gasteiger partial charge in [0.1, 0.15) is 5.82 Å². The van der Waals surface area contributed by atoms with Crippen molar-refractivity contribution in [2.45, 2.75) is 26.4 Å². The Morgan fingerprint density at radius 3 is 3.00 bits per heavy atom. The molecule has 0 radical (unpaired) electrons. The molecule has 0 saturated carbocycles. The predicted molar refractivity (Wildman–Crippen MR) is 62.1 cm³/mol. The largest absolute Gasteiger partial charge is 0.472 e. The molecule has 0 amide bonds. The lowest BCUT2D eigenvalue weighted by Crippen LogP contribution is -2.24. The molecule has 0 aromatic carbocycles. The first-order valence-electron chi connectivity index (χ1n) is 5.63. The Bertz CT molecular complexity index is 419. The molecule has 1 atom stereocenters. The molecule has 4 heteroatoms. The normalized spacial score (nSPS) is 12.9. The molecule has 0 aliphatic heterocycles. The average Bonchev–Trinajstić information content (AvgIpc) is 2.96. The average molecular weight is 219 g/mol. The standard InChI is InChI=1S/C12H17N3O/c1-3-13-11(10-5-8-16-9-10)12-14-6-7-15(12)4-2/h5-9,11,13H,3-4H2,1-2H3. The van der Waals surface area contributed by atoms with Gasteiger partial charge in [0.05, 0.1) is 18.6 Å². The van der Waals surface area contributed by atoms with Gasteiger partial charge in [-0.3, -0.25) is 0 Å². The van der Waals surface area contributed by atoms with Gasteiger partial charge in [0.25, 0.3) is 0 Å². The summed E-state index contributed by atoms with van der Waals surface area (Å²) in [6, 6.07) is 2.08. The molecular formula is C12H17N3O. The Morgan fingerprint density at radius 1 is 1.50 bits per heavy atom. The van der Waals surface area contributed by atoms with Crippen LogP contribution in [0.5, 0.6) is 0 Å². The topological polar surface area (TPSA) is 43.0 Å². The fraction of sp³-hybridized carbons (Fsp3) is 0.417. The summed E-state index contributed by atoms with van der Waals surface area (Å²) in [6.07, 6.45) is 7.30. The van der Waals surface area contributed by atoms with Crippen LogP contribution in [0.25, 0.3) is 0 Å². The van der Waals surface area contributed by atoms with Gasteiger partial charge in [-0.15, -0.1) is 0 Å². The lowest BCUT2D eigenvalue weighted by Gasteiger charge is -2.16. The Kier molecular flexibility index (Phi) is 3.41. The molecule has 2 heterocycles. The maximum absolute atomic E-state index is 5.14. The Balaban J connectivity index is 2.33. The lowest BCUT2D eigenvalue weighted by atomic mass is 10.1. The highest BCUT2D eigenvalue weighted by Gasteiger charge is 2.18. The molecule has 86 valence electrons. The highest BCUT2D eigenvalue weighted by atomic mass is 16.3. The van der Waals surface area contributed by atoms with E-state index in [0.717, 1.165) is 24.5 Å². The van der Waals surface area contributed by atoms with Crippen LogP contribution in [-0.4, -0.2) is 16.1 Å². The molecule has 16 heavy (non-hydrogen) atoms. The predicted octanol–water partition coefficient (Wildman–Crippen LogP) is 2.19. The molecule has 0 spiro atoms. The smallest absolute Gasteiger partial charge is 0.130 e. The van der Waals surface area contributed by atoms with Crippen molar-refractivity contribution in [1.82, 2.24) is 14.9 Å². The zero-order valence-corrected chi connectivity index (χ0v) is 9.68. The van der Waals surface area contributed by atoms with E-state index in [4.69, 9.17) is 4.42 Å². The van der Waals surface area contributed by atoms with Gasteiger partial charge in [0.2, 0.25) is 0 Å². The van der Waals surface area contributed by atoms with Gasteiger partial charge in [0, 0.05) is 24.5 Å². The molecule has 4 nitrogen and oxygen atoms in total. The van der Waals surface area contributed by atoms with E-state index in [1.165, 1.54) is 0 Å². The third-order valence-electron chi connectivity index (χ3n) is 2.63. The van der Waals surface area contributed by atoms with Crippen molar-refractivity contribution < 1.29 is 4.42 Å². The van der Waals surface area contributed by atoms with Crippen LogP contribution >= 0.6 is 0 Å². The molecular weight excluding hydrogens is 202 g/mol. The van der Waals surface area contributed by atoms with Crippen LogP contribution in [0.1, 0.15) is 31.3 Å². The van der Waals surface area contributed by atoms with E-state index < -0.39 is 0 Å². The number of imidazole rings is 1. The first kappa shape index (κ1) is 11.0. The van der Waals surface area contributed by atoms with E-state index in [0.29, 0.717) is 0 Å². The molecule has 0 aliphatic carbocycles. The fourth-order valence-corrected chi connectivity index (χ4v) is 1.85. The monoisotopic (exact) mass is 219 g/mol. The molecule has 0 aliphatic rings. The van der Waals surface area contributed by atoms with E-state index >= 15 is 0 Å². The van der Waals surface area contributed by atoms with Crippen molar-refractivity contribution in [3.63, 3.8) is 0 Å². The van der Waals surface area contributed by atoms with E-state index in [1.54, 1.807) is 12.5 Å². The van der Waals surface area contributed by atoms with Crippen LogP contribution in [0.15, 0.2) is 35.4 Å². The summed E-state index contributed by atoms with van der Waals surface area (Å²) < 4.78 is 7.28. The van der Waals surface area contributed by atoms with Crippen molar-refractivity contribution in [2.24, 2.45) is 0 Å². The van der Waals surface area contributed by atoms with Crippen molar-refractivity contribution in [1.29, 1.82) is 0 Å². The van der Waals surface area contributed by atoms with E-state index in [9.17, 15) is 0 Å². The van der Waals surface area contributed by atoms with E-state index in [2.05, 4.69) is 28.7 Å². The number of nitrogens with one attached hydrogen (secondary N) is 1. The van der Waals surface area contributed by atoms with Crippen LogP contribution < -0.4 is 5.32 Å². The number of aryl methyl sites for hydroxylation is 1. The number of rotatable bonds is 5. The van der Waals surface area contributed by atoms with Crippen molar-refractivity contribution in [3.05, 3.63) is 42.4 Å². The second-order valence-corrected chi connectivity index (χ2v) is 3.62. The molecule has 0 fully saturated rings. The molecule has 1 N–H and O–H groups in total. The van der Waals surface area contributed by atoms with Crippen LogP contribution in [0.2, 0.25) is 0 Å². The zero-order valence-electron chi connectivity index (χ0n) is 9.68. The molecule has 2 rings (SSSR count). The first-order chi connectivity index (χ1) is 7.86. The lowest BCUT2D eigenvalue weighted by molar-refractivity contribution is 0.533. The second-order valence-electron chi connectivity index (χ2n) is 3.62. The summed E-state index contributed by atoms with van der Waals surface area (Å²) in [4.78, 5) is 4.42. The van der Waals surface area contributed by atoms with Gasteiger partial charge in [-0.1, -0.05) is 6.92 Å². The minimum Gasteiger partial charge on any atom is -0.472 e.